The van der Waals surface area contributed by atoms with Crippen molar-refractivity contribution >= 4 is 26.8 Å². The maximum absolute atomic E-state index is 5.02. The van der Waals surface area contributed by atoms with E-state index in [4.69, 9.17) is 4.74 Å². The van der Waals surface area contributed by atoms with Crippen molar-refractivity contribution in [3.8, 4) is 5.88 Å². The second-order valence-electron chi connectivity index (χ2n) is 2.28. The molecule has 0 amide bonds. The first kappa shape index (κ1) is 7.54. The van der Waals surface area contributed by atoms with E-state index in [1.165, 1.54) is 0 Å². The molecular weight excluding hydrogens is 222 g/mol. The number of aromatic nitrogens is 3. The number of H-pyrrole nitrogens is 1. The van der Waals surface area contributed by atoms with Crippen LogP contribution in [0.15, 0.2) is 16.9 Å². The Labute approximate surface area is 77.1 Å². The molecule has 1 N–H and O–H groups in total. The normalized spacial score (nSPS) is 10.5. The molecular formula is C7H6BrN3O. The summed E-state index contributed by atoms with van der Waals surface area (Å²) in [5, 5.41) is 7.68. The van der Waals surface area contributed by atoms with E-state index in [9.17, 15) is 0 Å². The van der Waals surface area contributed by atoms with E-state index in [1.54, 1.807) is 19.5 Å². The fourth-order valence-electron chi connectivity index (χ4n) is 1.03. The number of nitrogens with zero attached hydrogens (tertiary/aromatic N) is 2. The summed E-state index contributed by atoms with van der Waals surface area (Å²) in [6.45, 7) is 0. The Balaban J connectivity index is 2.80. The molecule has 12 heavy (non-hydrogen) atoms. The fraction of sp³-hybridized carbons (Fsp3) is 0.143. The Bertz CT molecular complexity index is 412. The minimum atomic E-state index is 0.568. The second-order valence-corrected chi connectivity index (χ2v) is 3.13. The predicted octanol–water partition coefficient (Wildman–Crippen LogP) is 1.73. The van der Waals surface area contributed by atoms with Crippen LogP contribution in [0.3, 0.4) is 0 Å². The summed E-state index contributed by atoms with van der Waals surface area (Å²) in [5.74, 6) is 0.568. The molecule has 0 saturated heterocycles. The lowest BCUT2D eigenvalue weighted by atomic mass is 10.3. The van der Waals surface area contributed by atoms with E-state index in [0.29, 0.717) is 5.88 Å². The van der Waals surface area contributed by atoms with Gasteiger partial charge in [-0.25, -0.2) is 0 Å². The number of ether oxygens (including phenoxy) is 1. The molecule has 4 nitrogen and oxygen atoms in total. The summed E-state index contributed by atoms with van der Waals surface area (Å²) >= 11 is 3.35. The maximum atomic E-state index is 5.02. The van der Waals surface area contributed by atoms with Crippen LogP contribution in [0.25, 0.3) is 10.9 Å². The van der Waals surface area contributed by atoms with Crippen LogP contribution in [0.5, 0.6) is 5.88 Å². The van der Waals surface area contributed by atoms with Gasteiger partial charge in [-0.2, -0.15) is 0 Å². The average Bonchev–Trinajstić information content (AvgIpc) is 2.49. The third kappa shape index (κ3) is 0.972. The van der Waals surface area contributed by atoms with Crippen LogP contribution in [0.4, 0.5) is 0 Å². The van der Waals surface area contributed by atoms with Gasteiger partial charge >= 0.3 is 0 Å². The van der Waals surface area contributed by atoms with Gasteiger partial charge in [-0.05, 0) is 15.9 Å². The molecule has 2 heterocycles. The van der Waals surface area contributed by atoms with Crippen LogP contribution in [0.2, 0.25) is 0 Å². The third-order valence-corrected chi connectivity index (χ3v) is 2.19. The van der Waals surface area contributed by atoms with Crippen molar-refractivity contribution < 1.29 is 4.74 Å². The lowest BCUT2D eigenvalue weighted by Gasteiger charge is -1.93. The standard InChI is InChI=1S/C7H6BrN3O/c1-12-7-4-2-9-3-5(8)6(4)10-11-7/h2-3H,1H3,(H,10,11). The van der Waals surface area contributed by atoms with Crippen molar-refractivity contribution in [3.63, 3.8) is 0 Å². The Kier molecular flexibility index (Phi) is 1.73. The number of pyridine rings is 1. The van der Waals surface area contributed by atoms with Crippen molar-refractivity contribution in [1.82, 2.24) is 15.2 Å². The number of halogens is 1. The Morgan fingerprint density at radius 2 is 2.33 bits per heavy atom. The smallest absolute Gasteiger partial charge is 0.241 e. The molecule has 0 unspecified atom stereocenters. The molecule has 62 valence electrons. The van der Waals surface area contributed by atoms with Crippen molar-refractivity contribution in [3.05, 3.63) is 16.9 Å². The molecule has 0 aliphatic carbocycles. The van der Waals surface area contributed by atoms with Gasteiger partial charge in [0.1, 0.15) is 0 Å². The summed E-state index contributed by atoms with van der Waals surface area (Å²) in [4.78, 5) is 4.01. The summed E-state index contributed by atoms with van der Waals surface area (Å²) in [7, 11) is 1.58. The lowest BCUT2D eigenvalue weighted by molar-refractivity contribution is 0.401. The van der Waals surface area contributed by atoms with Crippen molar-refractivity contribution in [1.29, 1.82) is 0 Å². The van der Waals surface area contributed by atoms with E-state index < -0.39 is 0 Å². The SMILES string of the molecule is COc1n[nH]c2c(Br)cncc12. The van der Waals surface area contributed by atoms with Gasteiger partial charge in [-0.15, -0.1) is 5.10 Å². The molecule has 0 spiro atoms. The predicted molar refractivity (Wildman–Crippen MR) is 48.1 cm³/mol. The fourth-order valence-corrected chi connectivity index (χ4v) is 1.45. The number of hydrogen-bond donors (Lipinski definition) is 1. The molecule has 0 saturated carbocycles. The Hall–Kier alpha value is -1.10. The van der Waals surface area contributed by atoms with Crippen LogP contribution in [-0.2, 0) is 0 Å². The second kappa shape index (κ2) is 2.75. The molecule has 0 radical (unpaired) electrons. The highest BCUT2D eigenvalue weighted by Gasteiger charge is 2.07. The highest BCUT2D eigenvalue weighted by Crippen LogP contribution is 2.26. The lowest BCUT2D eigenvalue weighted by Crippen LogP contribution is -1.82. The first-order valence-electron chi connectivity index (χ1n) is 3.34. The molecule has 5 heteroatoms. The first-order chi connectivity index (χ1) is 5.83. The van der Waals surface area contributed by atoms with Crippen LogP contribution < -0.4 is 4.74 Å². The molecule has 0 bridgehead atoms. The van der Waals surface area contributed by atoms with Gasteiger partial charge in [-0.1, -0.05) is 0 Å². The summed E-state index contributed by atoms with van der Waals surface area (Å²) < 4.78 is 5.90. The Morgan fingerprint density at radius 1 is 1.50 bits per heavy atom. The zero-order chi connectivity index (χ0) is 8.55. The van der Waals surface area contributed by atoms with Crippen LogP contribution >= 0.6 is 15.9 Å². The van der Waals surface area contributed by atoms with Crippen molar-refractivity contribution in [2.75, 3.05) is 7.11 Å². The highest BCUT2D eigenvalue weighted by molar-refractivity contribution is 9.10. The van der Waals surface area contributed by atoms with Gasteiger partial charge in [0.25, 0.3) is 0 Å². The minimum absolute atomic E-state index is 0.568. The van der Waals surface area contributed by atoms with Gasteiger partial charge in [-0.3, -0.25) is 10.1 Å². The summed E-state index contributed by atoms with van der Waals surface area (Å²) in [6.07, 6.45) is 3.42. The number of methoxy groups -OCH3 is 1. The van der Waals surface area contributed by atoms with E-state index in [1.807, 2.05) is 0 Å². The highest BCUT2D eigenvalue weighted by atomic mass is 79.9. The van der Waals surface area contributed by atoms with Crippen molar-refractivity contribution in [2.45, 2.75) is 0 Å². The molecule has 0 fully saturated rings. The maximum Gasteiger partial charge on any atom is 0.241 e. The van der Waals surface area contributed by atoms with Crippen molar-refractivity contribution in [2.24, 2.45) is 0 Å². The quantitative estimate of drug-likeness (QED) is 0.808. The van der Waals surface area contributed by atoms with E-state index in [2.05, 4.69) is 31.1 Å². The largest absolute Gasteiger partial charge is 0.479 e. The number of aromatic amines is 1. The van der Waals surface area contributed by atoms with Gasteiger partial charge in [0, 0.05) is 12.4 Å². The summed E-state index contributed by atoms with van der Waals surface area (Å²) in [5.41, 5.74) is 0.904. The zero-order valence-electron chi connectivity index (χ0n) is 6.34. The molecule has 0 aliphatic heterocycles. The van der Waals surface area contributed by atoms with Gasteiger partial charge in [0.05, 0.1) is 22.5 Å². The molecule has 0 aliphatic rings. The molecule has 2 rings (SSSR count). The number of hydrogen-bond acceptors (Lipinski definition) is 3. The first-order valence-corrected chi connectivity index (χ1v) is 4.14. The monoisotopic (exact) mass is 227 g/mol. The van der Waals surface area contributed by atoms with Gasteiger partial charge < -0.3 is 4.74 Å². The summed E-state index contributed by atoms with van der Waals surface area (Å²) in [6, 6.07) is 0. The molecule has 0 aromatic carbocycles. The number of nitrogens with one attached hydrogen (secondary N) is 1. The van der Waals surface area contributed by atoms with E-state index in [0.717, 1.165) is 15.4 Å². The van der Waals surface area contributed by atoms with E-state index in [-0.39, 0.29) is 0 Å². The van der Waals surface area contributed by atoms with Gasteiger partial charge in [0.2, 0.25) is 5.88 Å². The number of fused-ring (bicyclic) bond motifs is 1. The number of rotatable bonds is 1. The topological polar surface area (TPSA) is 50.8 Å². The van der Waals surface area contributed by atoms with Gasteiger partial charge in [0.15, 0.2) is 0 Å². The molecule has 0 atom stereocenters. The average molecular weight is 228 g/mol. The molecule has 2 aromatic heterocycles. The third-order valence-electron chi connectivity index (χ3n) is 1.59. The van der Waals surface area contributed by atoms with E-state index >= 15 is 0 Å². The minimum Gasteiger partial charge on any atom is -0.479 e. The Morgan fingerprint density at radius 3 is 3.08 bits per heavy atom. The zero-order valence-corrected chi connectivity index (χ0v) is 7.92. The van der Waals surface area contributed by atoms with Crippen LogP contribution in [-0.4, -0.2) is 22.3 Å². The van der Waals surface area contributed by atoms with Crippen LogP contribution in [0.1, 0.15) is 0 Å². The van der Waals surface area contributed by atoms with Crippen LogP contribution in [0, 0.1) is 0 Å². The molecule has 2 aromatic rings.